The number of hydrogen-bond acceptors (Lipinski definition) is 3. The van der Waals surface area contributed by atoms with E-state index in [2.05, 4.69) is 0 Å². The lowest BCUT2D eigenvalue weighted by Gasteiger charge is -2.26. The van der Waals surface area contributed by atoms with Gasteiger partial charge in [-0.3, -0.25) is 4.79 Å². The van der Waals surface area contributed by atoms with E-state index < -0.39 is 23.4 Å². The molecule has 1 rings (SSSR count). The van der Waals surface area contributed by atoms with Crippen molar-refractivity contribution >= 4 is 18.2 Å². The molecule has 0 aliphatic rings. The molecule has 0 heterocycles. The third-order valence-electron chi connectivity index (χ3n) is 3.04. The molecule has 0 radical (unpaired) electrons. The zero-order valence-electron chi connectivity index (χ0n) is 14.1. The Morgan fingerprint density at radius 2 is 1.67 bits per heavy atom. The number of rotatable bonds is 5. The number of likely N-dealkylation sites (N-methyl/N-ethyl adjacent to an activating group) is 1. The van der Waals surface area contributed by atoms with Crippen molar-refractivity contribution < 1.29 is 27.5 Å². The molecule has 0 spiro atoms. The maximum atomic E-state index is 12.5. The standard InChI is InChI=1S/C16H21F3N2O3/c1-15(2,3)24-14(23)20(4)9-10-21(11-22)13-7-5-12(6-8-13)16(17,18)19/h5-8,11H,9-10H2,1-4H3. The van der Waals surface area contributed by atoms with Gasteiger partial charge in [0.05, 0.1) is 5.56 Å². The molecule has 2 amide bonds. The molecule has 0 saturated carbocycles. The number of halogens is 3. The number of alkyl halides is 3. The predicted molar refractivity (Wildman–Crippen MR) is 83.7 cm³/mol. The third-order valence-corrected chi connectivity index (χ3v) is 3.04. The van der Waals surface area contributed by atoms with Gasteiger partial charge < -0.3 is 14.5 Å². The van der Waals surface area contributed by atoms with Gasteiger partial charge in [0.2, 0.25) is 6.41 Å². The van der Waals surface area contributed by atoms with E-state index in [-0.39, 0.29) is 13.1 Å². The summed E-state index contributed by atoms with van der Waals surface area (Å²) in [6, 6.07) is 4.24. The molecule has 8 heteroatoms. The highest BCUT2D eigenvalue weighted by molar-refractivity contribution is 5.75. The minimum Gasteiger partial charge on any atom is -0.444 e. The average Bonchev–Trinajstić information content (AvgIpc) is 2.45. The number of benzene rings is 1. The van der Waals surface area contributed by atoms with Crippen molar-refractivity contribution in [2.75, 3.05) is 25.0 Å². The van der Waals surface area contributed by atoms with Gasteiger partial charge in [-0.15, -0.1) is 0 Å². The maximum absolute atomic E-state index is 12.5. The number of amides is 2. The zero-order valence-corrected chi connectivity index (χ0v) is 14.1. The molecule has 5 nitrogen and oxygen atoms in total. The number of ether oxygens (including phenoxy) is 1. The van der Waals surface area contributed by atoms with Crippen molar-refractivity contribution in [1.82, 2.24) is 4.90 Å². The summed E-state index contributed by atoms with van der Waals surface area (Å²) in [6.07, 6.45) is -4.46. The van der Waals surface area contributed by atoms with Crippen LogP contribution in [0.4, 0.5) is 23.7 Å². The maximum Gasteiger partial charge on any atom is 0.416 e. The summed E-state index contributed by atoms with van der Waals surface area (Å²) in [4.78, 5) is 25.5. The molecule has 0 aliphatic carbocycles. The first kappa shape index (κ1) is 19.8. The Hall–Kier alpha value is -2.25. The normalized spacial score (nSPS) is 11.8. The van der Waals surface area contributed by atoms with Gasteiger partial charge in [0.15, 0.2) is 0 Å². The number of carbonyl (C=O) groups is 2. The van der Waals surface area contributed by atoms with Crippen molar-refractivity contribution in [2.45, 2.75) is 32.5 Å². The van der Waals surface area contributed by atoms with Gasteiger partial charge in [-0.25, -0.2) is 4.79 Å². The molecule has 0 saturated heterocycles. The SMILES string of the molecule is CN(CCN(C=O)c1ccc(C(F)(F)F)cc1)C(=O)OC(C)(C)C. The summed E-state index contributed by atoms with van der Waals surface area (Å²) in [5, 5.41) is 0. The number of carbonyl (C=O) groups excluding carboxylic acids is 2. The molecule has 0 aromatic heterocycles. The van der Waals surface area contributed by atoms with Crippen molar-refractivity contribution in [3.63, 3.8) is 0 Å². The molecule has 0 aliphatic heterocycles. The Bertz CT molecular complexity index is 565. The molecule has 0 atom stereocenters. The molecule has 0 N–H and O–H groups in total. The minimum atomic E-state index is -4.43. The van der Waals surface area contributed by atoms with Crippen molar-refractivity contribution in [3.05, 3.63) is 29.8 Å². The summed E-state index contributed by atoms with van der Waals surface area (Å²) in [6.45, 7) is 5.51. The molecule has 134 valence electrons. The first-order valence-corrected chi connectivity index (χ1v) is 7.27. The van der Waals surface area contributed by atoms with Crippen LogP contribution in [-0.2, 0) is 15.7 Å². The van der Waals surface area contributed by atoms with Gasteiger partial charge in [-0.2, -0.15) is 13.2 Å². The number of nitrogens with zero attached hydrogens (tertiary/aromatic N) is 2. The molecular weight excluding hydrogens is 325 g/mol. The first-order chi connectivity index (χ1) is 10.9. The Balaban J connectivity index is 2.68. The van der Waals surface area contributed by atoms with Crippen molar-refractivity contribution in [2.24, 2.45) is 0 Å². The summed E-state index contributed by atoms with van der Waals surface area (Å²) >= 11 is 0. The van der Waals surface area contributed by atoms with Crippen LogP contribution in [0.25, 0.3) is 0 Å². The van der Waals surface area contributed by atoms with Gasteiger partial charge in [0.25, 0.3) is 0 Å². The van der Waals surface area contributed by atoms with Crippen molar-refractivity contribution in [3.8, 4) is 0 Å². The highest BCUT2D eigenvalue weighted by atomic mass is 19.4. The van der Waals surface area contributed by atoms with E-state index in [0.717, 1.165) is 12.1 Å². The number of hydrogen-bond donors (Lipinski definition) is 0. The Morgan fingerprint density at radius 1 is 1.12 bits per heavy atom. The molecule has 0 unspecified atom stereocenters. The Labute approximate surface area is 139 Å². The van der Waals surface area contributed by atoms with Crippen LogP contribution < -0.4 is 4.90 Å². The fourth-order valence-electron chi connectivity index (χ4n) is 1.77. The van der Waals surface area contributed by atoms with Gasteiger partial charge >= 0.3 is 12.3 Å². The summed E-state index contributed by atoms with van der Waals surface area (Å²) < 4.78 is 42.8. The second-order valence-corrected chi connectivity index (χ2v) is 6.25. The summed E-state index contributed by atoms with van der Waals surface area (Å²) in [7, 11) is 1.52. The third kappa shape index (κ3) is 6.10. The van der Waals surface area contributed by atoms with Crippen LogP contribution in [0.15, 0.2) is 24.3 Å². The molecule has 24 heavy (non-hydrogen) atoms. The fourth-order valence-corrected chi connectivity index (χ4v) is 1.77. The van der Waals surface area contributed by atoms with Crippen LogP contribution in [0.2, 0.25) is 0 Å². The van der Waals surface area contributed by atoms with E-state index in [1.807, 2.05) is 0 Å². The van der Waals surface area contributed by atoms with E-state index >= 15 is 0 Å². The van der Waals surface area contributed by atoms with E-state index in [1.165, 1.54) is 29.0 Å². The molecule has 0 fully saturated rings. The monoisotopic (exact) mass is 346 g/mol. The summed E-state index contributed by atoms with van der Waals surface area (Å²) in [5.41, 5.74) is -1.11. The van der Waals surface area contributed by atoms with Crippen LogP contribution in [0, 0.1) is 0 Å². The van der Waals surface area contributed by atoms with Gasteiger partial charge in [0.1, 0.15) is 5.60 Å². The molecule has 0 bridgehead atoms. The van der Waals surface area contributed by atoms with E-state index in [4.69, 9.17) is 4.74 Å². The van der Waals surface area contributed by atoms with Crippen LogP contribution >= 0.6 is 0 Å². The minimum absolute atomic E-state index is 0.130. The molecular formula is C16H21F3N2O3. The van der Waals surface area contributed by atoms with Gasteiger partial charge in [-0.05, 0) is 45.0 Å². The first-order valence-electron chi connectivity index (χ1n) is 7.27. The topological polar surface area (TPSA) is 49.9 Å². The number of anilines is 1. The van der Waals surface area contributed by atoms with E-state index in [1.54, 1.807) is 20.8 Å². The van der Waals surface area contributed by atoms with Crippen LogP contribution in [0.1, 0.15) is 26.3 Å². The second-order valence-electron chi connectivity index (χ2n) is 6.25. The molecule has 1 aromatic rings. The second kappa shape index (κ2) is 7.55. The smallest absolute Gasteiger partial charge is 0.416 e. The van der Waals surface area contributed by atoms with Gasteiger partial charge in [0, 0.05) is 25.8 Å². The summed E-state index contributed by atoms with van der Waals surface area (Å²) in [5.74, 6) is 0. The quantitative estimate of drug-likeness (QED) is 0.767. The fraction of sp³-hybridized carbons (Fsp3) is 0.500. The lowest BCUT2D eigenvalue weighted by atomic mass is 10.2. The predicted octanol–water partition coefficient (Wildman–Crippen LogP) is 3.54. The lowest BCUT2D eigenvalue weighted by molar-refractivity contribution is -0.137. The zero-order chi connectivity index (χ0) is 18.5. The average molecular weight is 346 g/mol. The van der Waals surface area contributed by atoms with E-state index in [0.29, 0.717) is 12.1 Å². The highest BCUT2D eigenvalue weighted by Gasteiger charge is 2.30. The van der Waals surface area contributed by atoms with Gasteiger partial charge in [-0.1, -0.05) is 0 Å². The van der Waals surface area contributed by atoms with Crippen molar-refractivity contribution in [1.29, 1.82) is 0 Å². The van der Waals surface area contributed by atoms with Crippen LogP contribution in [-0.4, -0.2) is 43.1 Å². The molecule has 1 aromatic carbocycles. The lowest BCUT2D eigenvalue weighted by Crippen LogP contribution is -2.39. The largest absolute Gasteiger partial charge is 0.444 e. The van der Waals surface area contributed by atoms with Crippen LogP contribution in [0.3, 0.4) is 0 Å². The Kier molecular flexibility index (Phi) is 6.22. The highest BCUT2D eigenvalue weighted by Crippen LogP contribution is 2.30. The van der Waals surface area contributed by atoms with E-state index in [9.17, 15) is 22.8 Å². The van der Waals surface area contributed by atoms with Crippen LogP contribution in [0.5, 0.6) is 0 Å². The Morgan fingerprint density at radius 3 is 2.08 bits per heavy atom.